The Balaban J connectivity index is 2.45. The maximum absolute atomic E-state index is 6.12. The molecule has 1 aliphatic carbocycles. The van der Waals surface area contributed by atoms with E-state index in [2.05, 4.69) is 19.9 Å². The minimum absolute atomic E-state index is 0.104. The third kappa shape index (κ3) is 2.88. The van der Waals surface area contributed by atoms with Crippen LogP contribution in [0, 0.1) is 5.41 Å². The van der Waals surface area contributed by atoms with Gasteiger partial charge in [0.1, 0.15) is 5.75 Å². The Morgan fingerprint density at radius 2 is 2.11 bits per heavy atom. The van der Waals surface area contributed by atoms with Crippen molar-refractivity contribution >= 4 is 17.2 Å². The first-order valence-electron chi connectivity index (χ1n) is 6.21. The number of benzene rings is 1. The lowest BCUT2D eigenvalue weighted by Crippen LogP contribution is -2.30. The Bertz CT molecular complexity index is 479. The number of nitrogens with two attached hydrogens (primary N) is 1. The average molecular weight is 266 g/mol. The summed E-state index contributed by atoms with van der Waals surface area (Å²) in [5, 5.41) is 0.726. The number of halogens is 1. The van der Waals surface area contributed by atoms with E-state index in [0.717, 1.165) is 29.2 Å². The maximum Gasteiger partial charge on any atom is 0.126 e. The first-order chi connectivity index (χ1) is 8.41. The minimum Gasteiger partial charge on any atom is -0.496 e. The Hall–Kier alpha value is -0.990. The van der Waals surface area contributed by atoms with Gasteiger partial charge in [0.25, 0.3) is 0 Å². The van der Waals surface area contributed by atoms with Gasteiger partial charge in [-0.25, -0.2) is 0 Å². The summed E-state index contributed by atoms with van der Waals surface area (Å²) in [4.78, 5) is 0. The molecule has 1 unspecified atom stereocenters. The highest BCUT2D eigenvalue weighted by atomic mass is 35.5. The van der Waals surface area contributed by atoms with Crippen molar-refractivity contribution in [2.45, 2.75) is 32.7 Å². The predicted molar refractivity (Wildman–Crippen MR) is 77.0 cm³/mol. The largest absolute Gasteiger partial charge is 0.496 e. The number of ether oxygens (including phenoxy) is 1. The molecule has 0 spiro atoms. The molecule has 1 aliphatic rings. The molecule has 1 aromatic carbocycles. The van der Waals surface area contributed by atoms with Crippen LogP contribution in [0.25, 0.3) is 5.57 Å². The summed E-state index contributed by atoms with van der Waals surface area (Å²) in [7, 11) is 1.68. The first kappa shape index (κ1) is 13.4. The molecule has 2 rings (SSSR count). The van der Waals surface area contributed by atoms with Crippen molar-refractivity contribution in [2.24, 2.45) is 11.1 Å². The molecule has 0 fully saturated rings. The molecule has 0 saturated heterocycles. The van der Waals surface area contributed by atoms with Crippen LogP contribution in [-0.2, 0) is 0 Å². The lowest BCUT2D eigenvalue weighted by molar-refractivity contribution is 0.318. The van der Waals surface area contributed by atoms with E-state index in [4.69, 9.17) is 22.1 Å². The highest BCUT2D eigenvalue weighted by Crippen LogP contribution is 2.42. The summed E-state index contributed by atoms with van der Waals surface area (Å²) < 4.78 is 5.42. The molecule has 0 bridgehead atoms. The van der Waals surface area contributed by atoms with Crippen molar-refractivity contribution in [1.82, 2.24) is 0 Å². The SMILES string of the molecule is COc1ccc(Cl)cc1C1=CC(N)CC(C)(C)C1. The van der Waals surface area contributed by atoms with Crippen LogP contribution in [0.2, 0.25) is 5.02 Å². The molecule has 0 heterocycles. The topological polar surface area (TPSA) is 35.2 Å². The zero-order valence-corrected chi connectivity index (χ0v) is 11.9. The molecule has 2 nitrogen and oxygen atoms in total. The van der Waals surface area contributed by atoms with E-state index >= 15 is 0 Å². The molecule has 98 valence electrons. The zero-order valence-electron chi connectivity index (χ0n) is 11.2. The number of allylic oxidation sites excluding steroid dienone is 1. The summed E-state index contributed by atoms with van der Waals surface area (Å²) in [5.74, 6) is 0.857. The molecular weight excluding hydrogens is 246 g/mol. The molecule has 0 aliphatic heterocycles. The van der Waals surface area contributed by atoms with E-state index in [1.165, 1.54) is 5.57 Å². The maximum atomic E-state index is 6.12. The second-order valence-corrected chi connectivity index (χ2v) is 6.18. The van der Waals surface area contributed by atoms with Gasteiger partial charge < -0.3 is 10.5 Å². The van der Waals surface area contributed by atoms with E-state index in [1.807, 2.05) is 18.2 Å². The Labute approximate surface area is 114 Å². The van der Waals surface area contributed by atoms with Crippen molar-refractivity contribution in [3.8, 4) is 5.75 Å². The zero-order chi connectivity index (χ0) is 13.3. The molecule has 1 aromatic rings. The van der Waals surface area contributed by atoms with Crippen LogP contribution in [0.1, 0.15) is 32.3 Å². The second-order valence-electron chi connectivity index (χ2n) is 5.75. The van der Waals surface area contributed by atoms with Crippen LogP contribution in [0.4, 0.5) is 0 Å². The fourth-order valence-electron chi connectivity index (χ4n) is 2.72. The average Bonchev–Trinajstić information content (AvgIpc) is 2.26. The lowest BCUT2D eigenvalue weighted by atomic mass is 9.74. The van der Waals surface area contributed by atoms with Crippen LogP contribution in [-0.4, -0.2) is 13.2 Å². The van der Waals surface area contributed by atoms with Crippen LogP contribution in [0.3, 0.4) is 0 Å². The van der Waals surface area contributed by atoms with Gasteiger partial charge in [0.05, 0.1) is 7.11 Å². The number of methoxy groups -OCH3 is 1. The molecule has 0 saturated carbocycles. The van der Waals surface area contributed by atoms with Gasteiger partial charge in [0, 0.05) is 16.6 Å². The number of hydrogen-bond acceptors (Lipinski definition) is 2. The van der Waals surface area contributed by atoms with Crippen molar-refractivity contribution in [1.29, 1.82) is 0 Å². The predicted octanol–water partition coefficient (Wildman–Crippen LogP) is 3.88. The van der Waals surface area contributed by atoms with Crippen molar-refractivity contribution in [3.05, 3.63) is 34.9 Å². The van der Waals surface area contributed by atoms with Gasteiger partial charge in [-0.05, 0) is 42.0 Å². The van der Waals surface area contributed by atoms with Crippen LogP contribution in [0.5, 0.6) is 5.75 Å². The van der Waals surface area contributed by atoms with Crippen LogP contribution >= 0.6 is 11.6 Å². The summed E-state index contributed by atoms with van der Waals surface area (Å²) in [5.41, 5.74) is 8.63. The highest BCUT2D eigenvalue weighted by molar-refractivity contribution is 6.30. The van der Waals surface area contributed by atoms with E-state index in [9.17, 15) is 0 Å². The van der Waals surface area contributed by atoms with Gasteiger partial charge in [-0.15, -0.1) is 0 Å². The van der Waals surface area contributed by atoms with Gasteiger partial charge in [-0.3, -0.25) is 0 Å². The van der Waals surface area contributed by atoms with Crippen molar-refractivity contribution < 1.29 is 4.74 Å². The first-order valence-corrected chi connectivity index (χ1v) is 6.59. The second kappa shape index (κ2) is 4.94. The summed E-state index contributed by atoms with van der Waals surface area (Å²) in [6.07, 6.45) is 4.15. The third-order valence-corrected chi connectivity index (χ3v) is 3.62. The monoisotopic (exact) mass is 265 g/mol. The molecule has 0 aromatic heterocycles. The normalized spacial score (nSPS) is 22.5. The minimum atomic E-state index is 0.104. The fourth-order valence-corrected chi connectivity index (χ4v) is 2.89. The van der Waals surface area contributed by atoms with Gasteiger partial charge in [0.15, 0.2) is 0 Å². The standard InChI is InChI=1S/C15H20ClNO/c1-15(2)8-10(6-12(17)9-15)13-7-11(16)4-5-14(13)18-3/h4-7,12H,8-9,17H2,1-3H3. The van der Waals surface area contributed by atoms with E-state index < -0.39 is 0 Å². The fraction of sp³-hybridized carbons (Fsp3) is 0.467. The summed E-state index contributed by atoms with van der Waals surface area (Å²) >= 11 is 6.09. The van der Waals surface area contributed by atoms with E-state index in [1.54, 1.807) is 7.11 Å². The summed E-state index contributed by atoms with van der Waals surface area (Å²) in [6, 6.07) is 5.82. The number of rotatable bonds is 2. The van der Waals surface area contributed by atoms with Crippen LogP contribution in [0.15, 0.2) is 24.3 Å². The summed E-state index contributed by atoms with van der Waals surface area (Å²) in [6.45, 7) is 4.49. The van der Waals surface area contributed by atoms with Crippen LogP contribution < -0.4 is 10.5 Å². The third-order valence-electron chi connectivity index (χ3n) is 3.38. The molecule has 3 heteroatoms. The highest BCUT2D eigenvalue weighted by Gasteiger charge is 2.28. The molecule has 2 N–H and O–H groups in total. The lowest BCUT2D eigenvalue weighted by Gasteiger charge is -2.33. The Morgan fingerprint density at radius 1 is 1.39 bits per heavy atom. The molecule has 0 amide bonds. The van der Waals surface area contributed by atoms with Gasteiger partial charge in [-0.2, -0.15) is 0 Å². The number of hydrogen-bond donors (Lipinski definition) is 1. The van der Waals surface area contributed by atoms with Gasteiger partial charge in [-0.1, -0.05) is 31.5 Å². The Kier molecular flexibility index (Phi) is 3.69. The van der Waals surface area contributed by atoms with Gasteiger partial charge in [0.2, 0.25) is 0 Å². The molecule has 1 atom stereocenters. The van der Waals surface area contributed by atoms with Crippen molar-refractivity contribution in [3.63, 3.8) is 0 Å². The van der Waals surface area contributed by atoms with E-state index in [-0.39, 0.29) is 11.5 Å². The van der Waals surface area contributed by atoms with Gasteiger partial charge >= 0.3 is 0 Å². The quantitative estimate of drug-likeness (QED) is 0.881. The molecule has 18 heavy (non-hydrogen) atoms. The van der Waals surface area contributed by atoms with E-state index in [0.29, 0.717) is 0 Å². The van der Waals surface area contributed by atoms with Crippen molar-refractivity contribution in [2.75, 3.05) is 7.11 Å². The molecule has 0 radical (unpaired) electrons. The Morgan fingerprint density at radius 3 is 2.72 bits per heavy atom. The molecular formula is C15H20ClNO. The smallest absolute Gasteiger partial charge is 0.126 e.